The molecule has 0 aromatic carbocycles. The monoisotopic (exact) mass is 557 g/mol. The Kier molecular flexibility index (Phi) is 32.2. The van der Waals surface area contributed by atoms with Crippen molar-refractivity contribution >= 4 is 0 Å². The maximum Gasteiger partial charge on any atom is 0.0810 e. The van der Waals surface area contributed by atoms with Gasteiger partial charge in [0.05, 0.1) is 38.1 Å². The van der Waals surface area contributed by atoms with Gasteiger partial charge in [0.2, 0.25) is 0 Å². The molecule has 0 heterocycles. The molecule has 0 spiro atoms. The fourth-order valence-electron chi connectivity index (χ4n) is 5.09. The molecule has 0 radical (unpaired) electrons. The van der Waals surface area contributed by atoms with E-state index in [1.807, 2.05) is 0 Å². The molecule has 0 fully saturated rings. The highest BCUT2D eigenvalue weighted by Crippen LogP contribution is 2.16. The minimum absolute atomic E-state index is 0.0690. The lowest BCUT2D eigenvalue weighted by Crippen LogP contribution is -2.28. The summed E-state index contributed by atoms with van der Waals surface area (Å²) in [6, 6.07) is 0. The third-order valence-electron chi connectivity index (χ3n) is 7.86. The lowest BCUT2D eigenvalue weighted by Gasteiger charge is -2.22. The number of unbranched alkanes of at least 4 members (excludes halogenated alkanes) is 19. The highest BCUT2D eigenvalue weighted by atomic mass is 16.6. The van der Waals surface area contributed by atoms with Crippen molar-refractivity contribution < 1.29 is 19.3 Å². The number of hydrogen-bond donors (Lipinski definition) is 1. The minimum atomic E-state index is -0.357. The van der Waals surface area contributed by atoms with Crippen molar-refractivity contribution in [1.82, 2.24) is 0 Å². The van der Waals surface area contributed by atoms with E-state index in [4.69, 9.17) is 14.2 Å². The average molecular weight is 557 g/mol. The molecule has 0 aliphatic rings. The summed E-state index contributed by atoms with van der Waals surface area (Å²) in [6.45, 7) is 11.3. The van der Waals surface area contributed by atoms with E-state index < -0.39 is 0 Å². The molecule has 0 amide bonds. The van der Waals surface area contributed by atoms with Gasteiger partial charge in [-0.25, -0.2) is 0 Å². The van der Waals surface area contributed by atoms with Gasteiger partial charge in [-0.05, 0) is 26.2 Å². The number of rotatable bonds is 33. The van der Waals surface area contributed by atoms with Gasteiger partial charge in [-0.3, -0.25) is 0 Å². The molecule has 39 heavy (non-hydrogen) atoms. The molecule has 3 unspecified atom stereocenters. The Morgan fingerprint density at radius 3 is 1.38 bits per heavy atom. The Morgan fingerprint density at radius 1 is 0.462 bits per heavy atom. The van der Waals surface area contributed by atoms with Crippen LogP contribution in [-0.2, 0) is 14.2 Å². The first-order chi connectivity index (χ1) is 19.1. The first-order valence-corrected chi connectivity index (χ1v) is 17.6. The van der Waals surface area contributed by atoms with E-state index >= 15 is 0 Å². The lowest BCUT2D eigenvalue weighted by molar-refractivity contribution is -0.0819. The van der Waals surface area contributed by atoms with Crippen molar-refractivity contribution in [3.8, 4) is 0 Å². The second-order valence-electron chi connectivity index (χ2n) is 12.1. The van der Waals surface area contributed by atoms with Gasteiger partial charge in [0.15, 0.2) is 0 Å². The maximum atomic E-state index is 10.5. The van der Waals surface area contributed by atoms with E-state index in [0.29, 0.717) is 19.8 Å². The minimum Gasteiger partial charge on any atom is -0.391 e. The molecule has 0 aliphatic heterocycles. The van der Waals surface area contributed by atoms with Crippen LogP contribution in [0.4, 0.5) is 0 Å². The first-order valence-electron chi connectivity index (χ1n) is 17.6. The Hall–Kier alpha value is -0.160. The van der Waals surface area contributed by atoms with Crippen LogP contribution in [0.5, 0.6) is 0 Å². The van der Waals surface area contributed by atoms with Crippen LogP contribution >= 0.6 is 0 Å². The maximum absolute atomic E-state index is 10.5. The Bertz CT molecular complexity index is 444. The second kappa shape index (κ2) is 32.4. The van der Waals surface area contributed by atoms with Crippen LogP contribution in [0.25, 0.3) is 0 Å². The molecule has 0 rings (SSSR count). The van der Waals surface area contributed by atoms with Crippen LogP contribution in [-0.4, -0.2) is 49.8 Å². The fraction of sp³-hybridized carbons (Fsp3) is 1.00. The van der Waals surface area contributed by atoms with Crippen LogP contribution in [0.1, 0.15) is 182 Å². The van der Waals surface area contributed by atoms with Crippen LogP contribution in [0, 0.1) is 0 Å². The van der Waals surface area contributed by atoms with Crippen molar-refractivity contribution in [3.63, 3.8) is 0 Å². The zero-order valence-corrected chi connectivity index (χ0v) is 27.2. The molecule has 1 N–H and O–H groups in total. The standard InChI is InChI=1S/C35H72O4/c1-5-8-11-13-15-17-19-21-23-25-27-34(36)31-39-35(32-38-33(4)30-37-29-10-7-3)28-26-24-22-20-18-16-14-12-9-6-2/h33-36H,5-32H2,1-4H3. The fourth-order valence-corrected chi connectivity index (χ4v) is 5.09. The molecule has 0 bridgehead atoms. The molecule has 0 aromatic heterocycles. The summed E-state index contributed by atoms with van der Waals surface area (Å²) in [6.07, 6.45) is 30.6. The number of hydrogen-bond acceptors (Lipinski definition) is 4. The molecular weight excluding hydrogens is 484 g/mol. The number of aliphatic hydroxyl groups is 1. The Labute approximate surface area is 245 Å². The van der Waals surface area contributed by atoms with Gasteiger partial charge in [-0.1, -0.05) is 156 Å². The molecule has 0 saturated heterocycles. The van der Waals surface area contributed by atoms with Crippen molar-refractivity contribution in [2.45, 2.75) is 200 Å². The summed E-state index contributed by atoms with van der Waals surface area (Å²) in [7, 11) is 0. The topological polar surface area (TPSA) is 47.9 Å². The molecular formula is C35H72O4. The van der Waals surface area contributed by atoms with Gasteiger partial charge in [0.1, 0.15) is 0 Å². The molecule has 4 heteroatoms. The zero-order chi connectivity index (χ0) is 28.7. The summed E-state index contributed by atoms with van der Waals surface area (Å²) in [5.74, 6) is 0. The van der Waals surface area contributed by atoms with E-state index in [0.717, 1.165) is 38.7 Å². The van der Waals surface area contributed by atoms with Gasteiger partial charge in [0, 0.05) is 6.61 Å². The Morgan fingerprint density at radius 2 is 0.897 bits per heavy atom. The average Bonchev–Trinajstić information content (AvgIpc) is 2.94. The predicted molar refractivity (Wildman–Crippen MR) is 170 cm³/mol. The normalized spacial score (nSPS) is 14.1. The quantitative estimate of drug-likeness (QED) is 0.0817. The van der Waals surface area contributed by atoms with Crippen molar-refractivity contribution in [2.24, 2.45) is 0 Å². The molecule has 0 aliphatic carbocycles. The SMILES string of the molecule is CCCCCCCCCCCCC(O)COC(CCCCCCCCCCCC)COC(C)COCCCC. The van der Waals surface area contributed by atoms with E-state index in [1.165, 1.54) is 122 Å². The second-order valence-corrected chi connectivity index (χ2v) is 12.1. The molecule has 4 nitrogen and oxygen atoms in total. The summed E-state index contributed by atoms with van der Waals surface area (Å²) < 4.78 is 18.0. The number of ether oxygens (including phenoxy) is 3. The summed E-state index contributed by atoms with van der Waals surface area (Å²) >= 11 is 0. The van der Waals surface area contributed by atoms with Gasteiger partial charge >= 0.3 is 0 Å². The zero-order valence-electron chi connectivity index (χ0n) is 27.2. The van der Waals surface area contributed by atoms with Crippen LogP contribution in [0.3, 0.4) is 0 Å². The van der Waals surface area contributed by atoms with Crippen LogP contribution in [0.2, 0.25) is 0 Å². The van der Waals surface area contributed by atoms with Gasteiger partial charge in [-0.2, -0.15) is 0 Å². The smallest absolute Gasteiger partial charge is 0.0810 e. The lowest BCUT2D eigenvalue weighted by atomic mass is 10.0. The molecule has 0 saturated carbocycles. The summed E-state index contributed by atoms with van der Waals surface area (Å²) in [5.41, 5.74) is 0. The highest BCUT2D eigenvalue weighted by Gasteiger charge is 2.15. The van der Waals surface area contributed by atoms with Crippen LogP contribution in [0.15, 0.2) is 0 Å². The van der Waals surface area contributed by atoms with E-state index in [9.17, 15) is 5.11 Å². The summed E-state index contributed by atoms with van der Waals surface area (Å²) in [5, 5.41) is 10.5. The molecule has 0 aromatic rings. The highest BCUT2D eigenvalue weighted by molar-refractivity contribution is 4.63. The molecule has 3 atom stereocenters. The third-order valence-corrected chi connectivity index (χ3v) is 7.86. The Balaban J connectivity index is 4.08. The van der Waals surface area contributed by atoms with E-state index in [2.05, 4.69) is 27.7 Å². The van der Waals surface area contributed by atoms with Gasteiger partial charge in [0.25, 0.3) is 0 Å². The largest absolute Gasteiger partial charge is 0.391 e. The van der Waals surface area contributed by atoms with Crippen LogP contribution < -0.4 is 0 Å². The molecule has 236 valence electrons. The number of aliphatic hydroxyl groups excluding tert-OH is 1. The van der Waals surface area contributed by atoms with Gasteiger partial charge < -0.3 is 19.3 Å². The third kappa shape index (κ3) is 30.6. The van der Waals surface area contributed by atoms with Crippen molar-refractivity contribution in [1.29, 1.82) is 0 Å². The van der Waals surface area contributed by atoms with Gasteiger partial charge in [-0.15, -0.1) is 0 Å². The summed E-state index contributed by atoms with van der Waals surface area (Å²) in [4.78, 5) is 0. The first kappa shape index (κ1) is 38.8. The van der Waals surface area contributed by atoms with E-state index in [-0.39, 0.29) is 18.3 Å². The van der Waals surface area contributed by atoms with Crippen molar-refractivity contribution in [3.05, 3.63) is 0 Å². The predicted octanol–water partition coefficient (Wildman–Crippen LogP) is 10.6. The van der Waals surface area contributed by atoms with Crippen molar-refractivity contribution in [2.75, 3.05) is 26.4 Å². The van der Waals surface area contributed by atoms with E-state index in [1.54, 1.807) is 0 Å².